The zero-order valence-corrected chi connectivity index (χ0v) is 37.7. The van der Waals surface area contributed by atoms with Gasteiger partial charge < -0.3 is 9.80 Å². The quantitative estimate of drug-likeness (QED) is 0.164. The minimum absolute atomic E-state index is 0.0161. The molecule has 0 atom stereocenters. The molecule has 0 saturated carbocycles. The summed E-state index contributed by atoms with van der Waals surface area (Å²) in [4.78, 5) is 5.35. The molecule has 0 bridgehead atoms. The summed E-state index contributed by atoms with van der Waals surface area (Å²) in [5.41, 5.74) is 25.0. The number of rotatable bonds is 3. The maximum Gasteiger partial charge on any atom is 0.264 e. The third-order valence-electron chi connectivity index (χ3n) is 14.2. The molecule has 6 aromatic carbocycles. The summed E-state index contributed by atoms with van der Waals surface area (Å²) in [6.07, 6.45) is 9.83. The molecule has 2 aliphatic heterocycles. The van der Waals surface area contributed by atoms with E-state index in [1.807, 2.05) is 11.3 Å². The van der Waals surface area contributed by atoms with Gasteiger partial charge in [0.05, 0.1) is 5.69 Å². The molecule has 0 saturated heterocycles. The first-order valence-corrected chi connectivity index (χ1v) is 23.4. The van der Waals surface area contributed by atoms with E-state index < -0.39 is 0 Å². The molecule has 0 amide bonds. The Morgan fingerprint density at radius 2 is 1.13 bits per heavy atom. The van der Waals surface area contributed by atoms with E-state index >= 15 is 0 Å². The molecule has 3 heterocycles. The molecule has 4 heteroatoms. The van der Waals surface area contributed by atoms with Gasteiger partial charge in [-0.2, -0.15) is 0 Å². The van der Waals surface area contributed by atoms with Gasteiger partial charge in [0.25, 0.3) is 6.71 Å². The monoisotopic (exact) mass is 800 g/mol. The number of anilines is 6. The van der Waals surface area contributed by atoms with E-state index in [1.54, 1.807) is 5.56 Å². The first-order chi connectivity index (χ1) is 28.8. The van der Waals surface area contributed by atoms with Crippen molar-refractivity contribution in [2.24, 2.45) is 0 Å². The Balaban J connectivity index is 1.21. The zero-order valence-electron chi connectivity index (χ0n) is 36.9. The molecule has 0 fully saturated rings. The lowest BCUT2D eigenvalue weighted by molar-refractivity contribution is 0.590. The average Bonchev–Trinajstić information content (AvgIpc) is 3.61. The Bertz CT molecular complexity index is 2880. The summed E-state index contributed by atoms with van der Waals surface area (Å²) in [5, 5.41) is 1.35. The van der Waals surface area contributed by atoms with Crippen LogP contribution in [0, 0.1) is 13.8 Å². The van der Waals surface area contributed by atoms with Crippen LogP contribution >= 0.6 is 11.3 Å². The van der Waals surface area contributed by atoms with E-state index in [4.69, 9.17) is 0 Å². The second-order valence-electron chi connectivity index (χ2n) is 20.5. The Kier molecular flexibility index (Phi) is 8.67. The summed E-state index contributed by atoms with van der Waals surface area (Å²) in [6.45, 7) is 18.8. The maximum absolute atomic E-state index is 2.69. The minimum Gasteiger partial charge on any atom is -0.311 e. The topological polar surface area (TPSA) is 6.48 Å². The number of nitrogens with zero attached hydrogens (tertiary/aromatic N) is 2. The van der Waals surface area contributed by atoms with Crippen LogP contribution < -0.4 is 25.5 Å². The summed E-state index contributed by atoms with van der Waals surface area (Å²) in [6, 6.07) is 41.5. The summed E-state index contributed by atoms with van der Waals surface area (Å²) in [7, 11) is 0. The zero-order chi connectivity index (χ0) is 41.2. The third kappa shape index (κ3) is 6.03. The van der Waals surface area contributed by atoms with Gasteiger partial charge in [0.1, 0.15) is 0 Å². The molecule has 2 aliphatic carbocycles. The molecule has 60 heavy (non-hydrogen) atoms. The largest absolute Gasteiger partial charge is 0.311 e. The van der Waals surface area contributed by atoms with E-state index in [0.29, 0.717) is 0 Å². The fourth-order valence-corrected chi connectivity index (χ4v) is 12.3. The Morgan fingerprint density at radius 1 is 0.517 bits per heavy atom. The Morgan fingerprint density at radius 3 is 1.83 bits per heavy atom. The molecule has 7 aromatic rings. The van der Waals surface area contributed by atoms with E-state index in [1.165, 1.54) is 155 Å². The highest BCUT2D eigenvalue weighted by Gasteiger charge is 2.46. The molecule has 4 aliphatic rings. The molecule has 300 valence electrons. The second kappa shape index (κ2) is 13.7. The highest BCUT2D eigenvalue weighted by molar-refractivity contribution is 7.33. The van der Waals surface area contributed by atoms with Crippen LogP contribution in [0.1, 0.15) is 112 Å². The van der Waals surface area contributed by atoms with Crippen LogP contribution in [0.25, 0.3) is 21.2 Å². The second-order valence-corrected chi connectivity index (χ2v) is 21.6. The summed E-state index contributed by atoms with van der Waals surface area (Å²) in [5.74, 6) is 0. The molecular formula is C56H57BN2S. The van der Waals surface area contributed by atoms with Gasteiger partial charge in [0.2, 0.25) is 0 Å². The smallest absolute Gasteiger partial charge is 0.264 e. The van der Waals surface area contributed by atoms with Crippen molar-refractivity contribution >= 4 is 78.0 Å². The number of benzene rings is 6. The van der Waals surface area contributed by atoms with Crippen LogP contribution in [-0.4, -0.2) is 6.71 Å². The maximum atomic E-state index is 2.69. The van der Waals surface area contributed by atoms with E-state index in [0.717, 1.165) is 6.42 Å². The van der Waals surface area contributed by atoms with Gasteiger partial charge in [-0.3, -0.25) is 0 Å². The van der Waals surface area contributed by atoms with Gasteiger partial charge in [-0.05, 0) is 191 Å². The van der Waals surface area contributed by atoms with Crippen LogP contribution in [0.3, 0.4) is 0 Å². The van der Waals surface area contributed by atoms with Crippen molar-refractivity contribution in [3.8, 4) is 11.1 Å². The normalized spacial score (nSPS) is 15.7. The molecule has 0 unspecified atom stereocenters. The first kappa shape index (κ1) is 37.9. The first-order valence-electron chi connectivity index (χ1n) is 22.6. The van der Waals surface area contributed by atoms with Crippen LogP contribution in [0.2, 0.25) is 0 Å². The number of hydrogen-bond acceptors (Lipinski definition) is 3. The standard InChI is InChI=1S/C56H57BN2S/c1-34-27-49-52-50(28-34)59(48-32-40-16-12-11-14-38(40)29-35(48)2)47-25-23-43(56(6,7)8)33-46(47)57(52)54-53(58(49)44-24-19-36-13-9-10-15-39(36)30-44)45-31-41(20-26-51(45)60-54)37-17-21-42(22-18-37)55(3,4)5/h17-33H,9-16H2,1-8H3. The van der Waals surface area contributed by atoms with Crippen molar-refractivity contribution in [2.45, 2.75) is 118 Å². The van der Waals surface area contributed by atoms with Crippen LogP contribution in [-0.2, 0) is 36.5 Å². The summed E-state index contributed by atoms with van der Waals surface area (Å²) >= 11 is 2.02. The minimum atomic E-state index is 0.0161. The van der Waals surface area contributed by atoms with E-state index in [9.17, 15) is 0 Å². The Hall–Kier alpha value is -5.06. The van der Waals surface area contributed by atoms with Gasteiger partial charge in [-0.15, -0.1) is 11.3 Å². The van der Waals surface area contributed by atoms with Gasteiger partial charge >= 0.3 is 0 Å². The predicted octanol–water partition coefficient (Wildman–Crippen LogP) is 13.6. The number of hydrogen-bond donors (Lipinski definition) is 0. The van der Waals surface area contributed by atoms with Crippen LogP contribution in [0.4, 0.5) is 34.1 Å². The van der Waals surface area contributed by atoms with Crippen molar-refractivity contribution in [2.75, 3.05) is 9.80 Å². The lowest BCUT2D eigenvalue weighted by atomic mass is 9.36. The highest BCUT2D eigenvalue weighted by atomic mass is 32.1. The average molecular weight is 801 g/mol. The van der Waals surface area contributed by atoms with Crippen molar-refractivity contribution in [1.29, 1.82) is 0 Å². The summed E-state index contributed by atoms with van der Waals surface area (Å²) < 4.78 is 2.81. The molecule has 1 aromatic heterocycles. The number of aryl methyl sites for hydroxylation is 6. The molecule has 11 rings (SSSR count). The van der Waals surface area contributed by atoms with E-state index in [-0.39, 0.29) is 17.5 Å². The molecule has 0 spiro atoms. The van der Waals surface area contributed by atoms with Crippen LogP contribution in [0.5, 0.6) is 0 Å². The molecular weight excluding hydrogens is 744 g/mol. The van der Waals surface area contributed by atoms with Crippen LogP contribution in [0.15, 0.2) is 103 Å². The van der Waals surface area contributed by atoms with E-state index in [2.05, 4.69) is 168 Å². The van der Waals surface area contributed by atoms with Gasteiger partial charge in [0, 0.05) is 43.3 Å². The Labute approximate surface area is 362 Å². The van der Waals surface area contributed by atoms with Gasteiger partial charge in [-0.1, -0.05) is 96.1 Å². The fourth-order valence-electron chi connectivity index (χ4n) is 11.0. The van der Waals surface area contributed by atoms with Crippen molar-refractivity contribution in [3.63, 3.8) is 0 Å². The number of fused-ring (bicyclic) bond motifs is 8. The third-order valence-corrected chi connectivity index (χ3v) is 15.5. The predicted molar refractivity (Wildman–Crippen MR) is 261 cm³/mol. The molecule has 2 nitrogen and oxygen atoms in total. The van der Waals surface area contributed by atoms with Crippen molar-refractivity contribution < 1.29 is 0 Å². The lowest BCUT2D eigenvalue weighted by Gasteiger charge is -2.44. The lowest BCUT2D eigenvalue weighted by Crippen LogP contribution is -2.60. The number of thiophene rings is 1. The van der Waals surface area contributed by atoms with Crippen molar-refractivity contribution in [1.82, 2.24) is 0 Å². The molecule has 0 N–H and O–H groups in total. The van der Waals surface area contributed by atoms with Gasteiger partial charge in [-0.25, -0.2) is 0 Å². The SMILES string of the molecule is Cc1cc2c3c(c1)N(c1ccc4c(c1)CCCC4)c1c(sc4ccc(-c5ccc(C(C)(C)C)cc5)cc14)B3c1cc(C(C)(C)C)ccc1N2c1cc2c(cc1C)CCCC2. The highest BCUT2D eigenvalue weighted by Crippen LogP contribution is 2.50. The fraction of sp³-hybridized carbons (Fsp3) is 0.321. The van der Waals surface area contributed by atoms with Gasteiger partial charge in [0.15, 0.2) is 0 Å². The van der Waals surface area contributed by atoms with Crippen molar-refractivity contribution in [3.05, 3.63) is 148 Å². The molecule has 0 radical (unpaired) electrons.